The van der Waals surface area contributed by atoms with Crippen LogP contribution in [0.15, 0.2) is 97.8 Å². The van der Waals surface area contributed by atoms with Crippen molar-refractivity contribution in [1.82, 2.24) is 0 Å². The number of rotatable bonds is 20. The number of nitrogens with zero attached hydrogens (tertiary/aromatic N) is 5. The molecule has 0 heterocycles. The average Bonchev–Trinajstić information content (AvgIpc) is 3.22. The Labute approximate surface area is 352 Å². The van der Waals surface area contributed by atoms with Crippen molar-refractivity contribution in [2.45, 2.75) is 122 Å². The lowest BCUT2D eigenvalue weighted by molar-refractivity contribution is 0.560. The maximum absolute atomic E-state index is 9.94. The molecule has 0 aromatic heterocycles. The first-order chi connectivity index (χ1) is 27.6. The number of halogens is 2. The number of hydrogen-bond donors (Lipinski definition) is 0. The van der Waals surface area contributed by atoms with Crippen LogP contribution in [-0.2, 0) is 36.8 Å². The first kappa shape index (κ1) is 54.5. The third-order valence-corrected chi connectivity index (χ3v) is 10.5. The Balaban J connectivity index is 0. The first-order valence-electron chi connectivity index (χ1n) is 19.5. The van der Waals surface area contributed by atoms with Crippen molar-refractivity contribution in [1.29, 1.82) is 0 Å². The van der Waals surface area contributed by atoms with Crippen LogP contribution >= 0.6 is 23.2 Å². The van der Waals surface area contributed by atoms with Crippen LogP contribution in [0.5, 0.6) is 0 Å². The van der Waals surface area contributed by atoms with Crippen LogP contribution in [0.2, 0.25) is 6.04 Å². The Morgan fingerprint density at radius 3 is 1.35 bits per heavy atom. The molecule has 0 saturated carbocycles. The predicted octanol–water partition coefficient (Wildman–Crippen LogP) is 11.7. The minimum atomic E-state index is -0.341. The third kappa shape index (κ3) is 35.5. The van der Waals surface area contributed by atoms with Crippen molar-refractivity contribution in [3.63, 3.8) is 0 Å². The molecule has 3 rings (SSSR count). The van der Waals surface area contributed by atoms with Gasteiger partial charge in [0.2, 0.25) is 30.4 Å². The molecule has 0 aliphatic rings. The molecule has 0 N–H and O–H groups in total. The van der Waals surface area contributed by atoms with E-state index < -0.39 is 0 Å². The standard InChI is InChI=1S/C11H13NO.C10H11NO.C9H9NO.C9H17NO.C5H9Cl2NOSi/c1-2-3-4-10-5-7-11(8-6-10)12-9-13;1-8(2)9-3-5-10(6-4-9)11-7-12;1-2-8-3-5-9(6-4-8)10-7-11;1-2-3-4-5-6-7-8-10-9-11;6-5(7)10-3-1-2-8-4-9/h5-8H,2-4H2,1H3;3-6,8H,1-2H3;3-6H,2H2,1H3;2-8H2,1H3;5H,1-3,10H2. The molecule has 0 amide bonds. The lowest BCUT2D eigenvalue weighted by Crippen LogP contribution is -2.00. The summed E-state index contributed by atoms with van der Waals surface area (Å²) >= 11 is 11.0. The second-order valence-electron chi connectivity index (χ2n) is 12.7. The first-order valence-corrected chi connectivity index (χ1v) is 22.2. The number of benzene rings is 3. The van der Waals surface area contributed by atoms with Crippen molar-refractivity contribution in [2.75, 3.05) is 13.1 Å². The zero-order valence-corrected chi connectivity index (χ0v) is 37.1. The largest absolute Gasteiger partial charge is 0.240 e. The average molecular weight is 837 g/mol. The van der Waals surface area contributed by atoms with Crippen LogP contribution in [0, 0.1) is 0 Å². The van der Waals surface area contributed by atoms with Gasteiger partial charge < -0.3 is 0 Å². The topological polar surface area (TPSA) is 147 Å². The quantitative estimate of drug-likeness (QED) is 0.0365. The Morgan fingerprint density at radius 1 is 0.526 bits per heavy atom. The number of unbranched alkanes of at least 4 members (excludes halogenated alkanes) is 6. The van der Waals surface area contributed by atoms with Crippen LogP contribution in [-0.4, -0.2) is 57.5 Å². The summed E-state index contributed by atoms with van der Waals surface area (Å²) in [7, 11) is -0.341. The lowest BCUT2D eigenvalue weighted by atomic mass is 10.0. The summed E-state index contributed by atoms with van der Waals surface area (Å²) in [6.45, 7) is 11.9. The minimum absolute atomic E-state index is 0.153. The van der Waals surface area contributed by atoms with E-state index in [1.54, 1.807) is 6.08 Å². The van der Waals surface area contributed by atoms with Gasteiger partial charge in [0.05, 0.1) is 44.1 Å². The van der Waals surface area contributed by atoms with Gasteiger partial charge in [-0.3, -0.25) is 0 Å². The molecule has 308 valence electrons. The van der Waals surface area contributed by atoms with Crippen molar-refractivity contribution in [3.8, 4) is 0 Å². The Bertz CT molecular complexity index is 1680. The monoisotopic (exact) mass is 835 g/mol. The summed E-state index contributed by atoms with van der Waals surface area (Å²) in [5.41, 5.74) is 5.79. The van der Waals surface area contributed by atoms with Crippen molar-refractivity contribution in [2.24, 2.45) is 25.0 Å². The summed E-state index contributed by atoms with van der Waals surface area (Å²) in [6, 6.07) is 23.9. The van der Waals surface area contributed by atoms with Gasteiger partial charge in [0.1, 0.15) is 0 Å². The van der Waals surface area contributed by atoms with E-state index in [-0.39, 0.29) is 14.0 Å². The molecule has 0 bridgehead atoms. The third-order valence-electron chi connectivity index (χ3n) is 7.88. The zero-order chi connectivity index (χ0) is 42.8. The van der Waals surface area contributed by atoms with Gasteiger partial charge in [-0.25, -0.2) is 34.0 Å². The molecular formula is C44H59Cl2N5O5Si. The molecule has 0 aliphatic heterocycles. The van der Waals surface area contributed by atoms with Gasteiger partial charge in [0.25, 0.3) is 0 Å². The van der Waals surface area contributed by atoms with Gasteiger partial charge in [-0.05, 0) is 91.1 Å². The number of hydrogen-bond acceptors (Lipinski definition) is 10. The highest BCUT2D eigenvalue weighted by molar-refractivity contribution is 6.68. The van der Waals surface area contributed by atoms with E-state index in [0.717, 1.165) is 31.7 Å². The van der Waals surface area contributed by atoms with Gasteiger partial charge in [0.15, 0.2) is 0 Å². The molecule has 0 atom stereocenters. The maximum Gasteiger partial charge on any atom is 0.240 e. The van der Waals surface area contributed by atoms with Gasteiger partial charge in [-0.2, -0.15) is 15.0 Å². The van der Waals surface area contributed by atoms with E-state index in [0.29, 0.717) is 36.1 Å². The van der Waals surface area contributed by atoms with Gasteiger partial charge in [-0.15, -0.1) is 23.2 Å². The summed E-state index contributed by atoms with van der Waals surface area (Å²) < 4.78 is -0.153. The van der Waals surface area contributed by atoms with Crippen LogP contribution < -0.4 is 0 Å². The Kier molecular flexibility index (Phi) is 39.2. The van der Waals surface area contributed by atoms with Crippen molar-refractivity contribution in [3.05, 3.63) is 89.5 Å². The predicted molar refractivity (Wildman–Crippen MR) is 238 cm³/mol. The molecule has 0 radical (unpaired) electrons. The van der Waals surface area contributed by atoms with Gasteiger partial charge >= 0.3 is 0 Å². The molecule has 10 nitrogen and oxygen atoms in total. The molecule has 0 unspecified atom stereocenters. The van der Waals surface area contributed by atoms with Gasteiger partial charge in [-0.1, -0.05) is 116 Å². The number of carbonyl (C=O) groups excluding carboxylic acids is 5. The van der Waals surface area contributed by atoms with Crippen molar-refractivity contribution >= 4 is 80.2 Å². The zero-order valence-electron chi connectivity index (χ0n) is 34.2. The van der Waals surface area contributed by atoms with E-state index in [2.05, 4.69) is 59.6 Å². The summed E-state index contributed by atoms with van der Waals surface area (Å²) in [4.78, 5) is 66.3. The highest BCUT2D eigenvalue weighted by Gasteiger charge is 1.98. The smallest absolute Gasteiger partial charge is 0.211 e. The lowest BCUT2D eigenvalue weighted by Gasteiger charge is -2.03. The molecule has 0 fully saturated rings. The minimum Gasteiger partial charge on any atom is -0.211 e. The van der Waals surface area contributed by atoms with Crippen LogP contribution in [0.1, 0.15) is 115 Å². The number of alkyl halides is 2. The van der Waals surface area contributed by atoms with E-state index in [1.807, 2.05) is 72.8 Å². The van der Waals surface area contributed by atoms with Crippen LogP contribution in [0.3, 0.4) is 0 Å². The molecule has 57 heavy (non-hydrogen) atoms. The van der Waals surface area contributed by atoms with E-state index in [1.165, 1.54) is 86.0 Å². The summed E-state index contributed by atoms with van der Waals surface area (Å²) in [5, 5.41) is 0. The second-order valence-corrected chi connectivity index (χ2v) is 17.2. The van der Waals surface area contributed by atoms with E-state index >= 15 is 0 Å². The fourth-order valence-corrected chi connectivity index (χ4v) is 6.31. The number of aliphatic imine (C=N–C) groups is 5. The van der Waals surface area contributed by atoms with Gasteiger partial charge in [0, 0.05) is 0 Å². The fraction of sp³-hybridized carbons (Fsp3) is 0.477. The fourth-order valence-electron chi connectivity index (χ4n) is 4.57. The second kappa shape index (κ2) is 41.0. The van der Waals surface area contributed by atoms with E-state index in [4.69, 9.17) is 23.2 Å². The summed E-state index contributed by atoms with van der Waals surface area (Å²) in [6.07, 6.45) is 20.4. The summed E-state index contributed by atoms with van der Waals surface area (Å²) in [5.74, 6) is 0.513. The molecule has 13 heteroatoms. The number of isocyanates is 5. The Morgan fingerprint density at radius 2 is 0.947 bits per heavy atom. The highest BCUT2D eigenvalue weighted by Crippen LogP contribution is 2.18. The molecule has 0 aliphatic carbocycles. The Hall–Kier alpha value is -4.64. The maximum atomic E-state index is 9.94. The van der Waals surface area contributed by atoms with E-state index in [9.17, 15) is 24.0 Å². The van der Waals surface area contributed by atoms with Crippen molar-refractivity contribution < 1.29 is 24.0 Å². The highest BCUT2D eigenvalue weighted by atomic mass is 35.5. The molecular weight excluding hydrogens is 778 g/mol. The molecule has 3 aromatic carbocycles. The van der Waals surface area contributed by atoms with Crippen LogP contribution in [0.4, 0.5) is 17.1 Å². The normalized spacial score (nSPS) is 9.49. The molecule has 0 spiro atoms. The molecule has 3 aromatic rings. The van der Waals surface area contributed by atoms with Crippen LogP contribution in [0.25, 0.3) is 0 Å². The SMILES string of the molecule is CC(C)c1ccc(N=C=O)cc1.CCCCCCCCN=C=O.CCCCc1ccc(N=C=O)cc1.CCc1ccc(N=C=O)cc1.O=C=NCCC[SiH2]C(Cl)Cl. The number of aryl methyl sites for hydroxylation is 2. The molecule has 0 saturated heterocycles.